The van der Waals surface area contributed by atoms with Crippen LogP contribution >= 0.6 is 0 Å². The molecular weight excluding hydrogens is 452 g/mol. The number of nitrogens with zero attached hydrogens (tertiary/aromatic N) is 4. The average Bonchev–Trinajstić information content (AvgIpc) is 3.37. The molecule has 0 N–H and O–H groups in total. The largest absolute Gasteiger partial charge is 0.454 e. The molecule has 0 spiro atoms. The van der Waals surface area contributed by atoms with Crippen LogP contribution in [0.3, 0.4) is 0 Å². The molecular formula is C29H32N4O3. The number of Topliss-reactive ketones (excluding diaryl/α,β-unsaturated/α-hetero) is 1. The van der Waals surface area contributed by atoms with Crippen LogP contribution < -0.4 is 14.4 Å². The Labute approximate surface area is 212 Å². The van der Waals surface area contributed by atoms with Crippen LogP contribution in [0.1, 0.15) is 64.8 Å². The SMILES string of the molecule is CC(C)c1ccc(C2CC(=O)c3cnc(N4CCN(Cc5ccc6c(c5)OCO6)CC4)nc3C2)cc1. The van der Waals surface area contributed by atoms with E-state index in [1.807, 2.05) is 6.07 Å². The first-order valence-electron chi connectivity index (χ1n) is 12.9. The number of rotatable bonds is 5. The molecule has 3 heterocycles. The Hall–Kier alpha value is -3.45. The highest BCUT2D eigenvalue weighted by atomic mass is 16.7. The van der Waals surface area contributed by atoms with Crippen molar-refractivity contribution in [2.75, 3.05) is 37.9 Å². The second kappa shape index (κ2) is 9.54. The van der Waals surface area contributed by atoms with Gasteiger partial charge in [0.05, 0.1) is 11.3 Å². The number of aromatic nitrogens is 2. The van der Waals surface area contributed by atoms with Gasteiger partial charge in [0, 0.05) is 45.3 Å². The molecule has 3 aliphatic rings. The molecule has 36 heavy (non-hydrogen) atoms. The molecule has 186 valence electrons. The Morgan fingerprint density at radius 3 is 2.53 bits per heavy atom. The molecule has 0 amide bonds. The lowest BCUT2D eigenvalue weighted by atomic mass is 9.81. The topological polar surface area (TPSA) is 67.8 Å². The van der Waals surface area contributed by atoms with E-state index < -0.39 is 0 Å². The normalized spacial score (nSPS) is 19.6. The van der Waals surface area contributed by atoms with Crippen LogP contribution in [-0.4, -0.2) is 53.6 Å². The number of ether oxygens (including phenoxy) is 2. The third kappa shape index (κ3) is 4.55. The van der Waals surface area contributed by atoms with Gasteiger partial charge >= 0.3 is 0 Å². The molecule has 1 aromatic heterocycles. The number of piperazine rings is 1. The minimum absolute atomic E-state index is 0.147. The molecule has 3 aromatic rings. The molecule has 0 bridgehead atoms. The van der Waals surface area contributed by atoms with Gasteiger partial charge in [-0.15, -0.1) is 0 Å². The second-order valence-electron chi connectivity index (χ2n) is 10.3. The maximum Gasteiger partial charge on any atom is 0.231 e. The number of hydrogen-bond acceptors (Lipinski definition) is 7. The molecule has 2 aromatic carbocycles. The summed E-state index contributed by atoms with van der Waals surface area (Å²) in [6.07, 6.45) is 3.05. The van der Waals surface area contributed by atoms with E-state index in [-0.39, 0.29) is 11.7 Å². The Morgan fingerprint density at radius 2 is 1.75 bits per heavy atom. The van der Waals surface area contributed by atoms with Gasteiger partial charge in [0.15, 0.2) is 17.3 Å². The van der Waals surface area contributed by atoms with Crippen LogP contribution in [0.15, 0.2) is 48.7 Å². The standard InChI is InChI=1S/C29H32N4O3/c1-19(2)21-4-6-22(7-5-21)23-14-25-24(26(34)15-23)16-30-29(31-25)33-11-9-32(10-12-33)17-20-3-8-27-28(13-20)36-18-35-27/h3-8,13,16,19,23H,9-12,14-15,17-18H2,1-2H3. The summed E-state index contributed by atoms with van der Waals surface area (Å²) in [6, 6.07) is 14.9. The summed E-state index contributed by atoms with van der Waals surface area (Å²) < 4.78 is 10.9. The number of benzene rings is 2. The van der Waals surface area contributed by atoms with Crippen molar-refractivity contribution in [1.82, 2.24) is 14.9 Å². The fourth-order valence-electron chi connectivity index (χ4n) is 5.38. The molecule has 1 saturated heterocycles. The summed E-state index contributed by atoms with van der Waals surface area (Å²) in [4.78, 5) is 27.1. The molecule has 1 atom stereocenters. The van der Waals surface area contributed by atoms with Crippen molar-refractivity contribution in [3.63, 3.8) is 0 Å². The number of ketones is 1. The molecule has 1 unspecified atom stereocenters. The minimum atomic E-state index is 0.147. The number of carbonyl (C=O) groups excluding carboxylic acids is 1. The van der Waals surface area contributed by atoms with E-state index in [9.17, 15) is 4.79 Å². The number of hydrogen-bond donors (Lipinski definition) is 0. The van der Waals surface area contributed by atoms with E-state index in [1.165, 1.54) is 16.7 Å². The average molecular weight is 485 g/mol. The molecule has 1 fully saturated rings. The fourth-order valence-corrected chi connectivity index (χ4v) is 5.38. The van der Waals surface area contributed by atoms with E-state index in [0.717, 1.165) is 62.3 Å². The minimum Gasteiger partial charge on any atom is -0.454 e. The molecule has 0 saturated carbocycles. The molecule has 6 rings (SSSR count). The second-order valence-corrected chi connectivity index (χ2v) is 10.3. The van der Waals surface area contributed by atoms with Crippen molar-refractivity contribution >= 4 is 11.7 Å². The summed E-state index contributed by atoms with van der Waals surface area (Å²) in [5.74, 6) is 3.21. The smallest absolute Gasteiger partial charge is 0.231 e. The van der Waals surface area contributed by atoms with E-state index in [4.69, 9.17) is 14.5 Å². The van der Waals surface area contributed by atoms with Gasteiger partial charge in [0.25, 0.3) is 0 Å². The summed E-state index contributed by atoms with van der Waals surface area (Å²) in [5.41, 5.74) is 5.34. The van der Waals surface area contributed by atoms with E-state index in [0.29, 0.717) is 24.7 Å². The molecule has 0 radical (unpaired) electrons. The van der Waals surface area contributed by atoms with E-state index in [2.05, 4.69) is 65.0 Å². The maximum absolute atomic E-state index is 12.9. The van der Waals surface area contributed by atoms with Crippen molar-refractivity contribution in [3.05, 3.63) is 76.6 Å². The van der Waals surface area contributed by atoms with Crippen molar-refractivity contribution in [2.45, 2.75) is 45.1 Å². The van der Waals surface area contributed by atoms with Gasteiger partial charge < -0.3 is 14.4 Å². The first-order valence-corrected chi connectivity index (χ1v) is 12.9. The highest BCUT2D eigenvalue weighted by Crippen LogP contribution is 2.34. The molecule has 7 nitrogen and oxygen atoms in total. The number of fused-ring (bicyclic) bond motifs is 2. The zero-order valence-electron chi connectivity index (χ0n) is 20.9. The van der Waals surface area contributed by atoms with Gasteiger partial charge in [-0.3, -0.25) is 9.69 Å². The number of anilines is 1. The Balaban J connectivity index is 1.11. The highest BCUT2D eigenvalue weighted by Gasteiger charge is 2.29. The third-order valence-electron chi connectivity index (χ3n) is 7.60. The van der Waals surface area contributed by atoms with Crippen LogP contribution in [-0.2, 0) is 13.0 Å². The van der Waals surface area contributed by atoms with Crippen LogP contribution in [0.4, 0.5) is 5.95 Å². The van der Waals surface area contributed by atoms with Crippen molar-refractivity contribution in [3.8, 4) is 11.5 Å². The summed E-state index contributed by atoms with van der Waals surface area (Å²) in [6.45, 7) is 9.15. The van der Waals surface area contributed by atoms with Gasteiger partial charge in [-0.25, -0.2) is 9.97 Å². The maximum atomic E-state index is 12.9. The lowest BCUT2D eigenvalue weighted by Crippen LogP contribution is -2.46. The summed E-state index contributed by atoms with van der Waals surface area (Å²) in [7, 11) is 0. The lowest BCUT2D eigenvalue weighted by molar-refractivity contribution is 0.0962. The predicted octanol–water partition coefficient (Wildman–Crippen LogP) is 4.56. The molecule has 1 aliphatic carbocycles. The van der Waals surface area contributed by atoms with Gasteiger partial charge in [0.2, 0.25) is 12.7 Å². The van der Waals surface area contributed by atoms with Crippen LogP contribution in [0.2, 0.25) is 0 Å². The fraction of sp³-hybridized carbons (Fsp3) is 0.414. The van der Waals surface area contributed by atoms with Gasteiger partial charge in [-0.1, -0.05) is 44.2 Å². The highest BCUT2D eigenvalue weighted by molar-refractivity contribution is 5.98. The number of carbonyl (C=O) groups is 1. The van der Waals surface area contributed by atoms with Crippen LogP contribution in [0, 0.1) is 0 Å². The summed E-state index contributed by atoms with van der Waals surface area (Å²) in [5, 5.41) is 0. The quantitative estimate of drug-likeness (QED) is 0.526. The van der Waals surface area contributed by atoms with Crippen LogP contribution in [0.25, 0.3) is 0 Å². The van der Waals surface area contributed by atoms with Crippen molar-refractivity contribution in [2.24, 2.45) is 0 Å². The zero-order chi connectivity index (χ0) is 24.6. The van der Waals surface area contributed by atoms with Gasteiger partial charge in [-0.2, -0.15) is 0 Å². The van der Waals surface area contributed by atoms with Crippen LogP contribution in [0.5, 0.6) is 11.5 Å². The molecule has 7 heteroatoms. The van der Waals surface area contributed by atoms with Crippen molar-refractivity contribution in [1.29, 1.82) is 0 Å². The third-order valence-corrected chi connectivity index (χ3v) is 7.60. The van der Waals surface area contributed by atoms with Gasteiger partial charge in [-0.05, 0) is 47.1 Å². The first-order chi connectivity index (χ1) is 17.5. The molecule has 2 aliphatic heterocycles. The predicted molar refractivity (Wildman–Crippen MR) is 138 cm³/mol. The van der Waals surface area contributed by atoms with Gasteiger partial charge in [0.1, 0.15) is 0 Å². The van der Waals surface area contributed by atoms with E-state index in [1.54, 1.807) is 6.20 Å². The lowest BCUT2D eigenvalue weighted by Gasteiger charge is -2.35. The Morgan fingerprint density at radius 1 is 0.972 bits per heavy atom. The van der Waals surface area contributed by atoms with Crippen molar-refractivity contribution < 1.29 is 14.3 Å². The zero-order valence-corrected chi connectivity index (χ0v) is 20.9. The van der Waals surface area contributed by atoms with E-state index >= 15 is 0 Å². The Kier molecular flexibility index (Phi) is 6.09. The Bertz CT molecular complexity index is 1270. The first kappa shape index (κ1) is 23.0. The monoisotopic (exact) mass is 484 g/mol. The summed E-state index contributed by atoms with van der Waals surface area (Å²) >= 11 is 0.